The molecule has 0 aliphatic rings. The number of likely N-dealkylation sites (N-methyl/N-ethyl adjacent to an activating group) is 1. The molecule has 0 radical (unpaired) electrons. The fourth-order valence-electron chi connectivity index (χ4n) is 6.22. The Bertz CT molecular complexity index is 980. The third-order valence-corrected chi connectivity index (χ3v) is 10.8. The topological polar surface area (TPSA) is 108 Å². The number of allylic oxidation sites excluding steroid dienone is 5. The summed E-state index contributed by atoms with van der Waals surface area (Å²) in [6, 6.07) is -0.901. The number of hydrogen-bond acceptors (Lipinski definition) is 6. The highest BCUT2D eigenvalue weighted by atomic mass is 31.2. The molecule has 0 aromatic heterocycles. The molecule has 0 saturated carbocycles. The van der Waals surface area contributed by atoms with E-state index < -0.39 is 26.6 Å². The Morgan fingerprint density at radius 3 is 1.50 bits per heavy atom. The smallest absolute Gasteiger partial charge is 0.268 e. The summed E-state index contributed by atoms with van der Waals surface area (Å²) in [5, 5.41) is 13.7. The monoisotopic (exact) mass is 783 g/mol. The molecule has 0 fully saturated rings. The average Bonchev–Trinajstić information content (AvgIpc) is 3.12. The fraction of sp³-hybridized carbons (Fsp3) is 0.844. The van der Waals surface area contributed by atoms with Crippen LogP contribution in [0.3, 0.4) is 0 Å². The zero-order chi connectivity index (χ0) is 40.0. The number of nitrogens with one attached hydrogen (secondary N) is 1. The number of aliphatic hydroxyl groups is 1. The summed E-state index contributed by atoms with van der Waals surface area (Å²) in [5.74, 6) is -0.212. The number of unbranched alkanes of at least 4 members (excludes halogenated alkanes) is 23. The second kappa shape index (κ2) is 37.3. The molecule has 0 aliphatic carbocycles. The minimum atomic E-state index is -4.59. The average molecular weight is 783 g/mol. The zero-order valence-corrected chi connectivity index (χ0v) is 36.8. The van der Waals surface area contributed by atoms with E-state index in [2.05, 4.69) is 43.5 Å². The van der Waals surface area contributed by atoms with Gasteiger partial charge in [0.1, 0.15) is 13.2 Å². The zero-order valence-electron chi connectivity index (χ0n) is 35.9. The molecule has 9 heteroatoms. The van der Waals surface area contributed by atoms with Gasteiger partial charge in [-0.05, 0) is 57.8 Å². The molecule has 3 atom stereocenters. The van der Waals surface area contributed by atoms with Crippen molar-refractivity contribution in [1.82, 2.24) is 5.32 Å². The number of aliphatic hydroxyl groups excluding tert-OH is 1. The van der Waals surface area contributed by atoms with Gasteiger partial charge in [0, 0.05) is 6.42 Å². The van der Waals surface area contributed by atoms with Gasteiger partial charge in [-0.2, -0.15) is 0 Å². The molecule has 0 aromatic rings. The van der Waals surface area contributed by atoms with Gasteiger partial charge >= 0.3 is 0 Å². The highest BCUT2D eigenvalue weighted by Gasteiger charge is 2.23. The number of carbonyl (C=O) groups is 1. The van der Waals surface area contributed by atoms with E-state index >= 15 is 0 Å². The molecule has 0 aromatic carbocycles. The Hall–Kier alpha value is -1.28. The lowest BCUT2D eigenvalue weighted by Gasteiger charge is -2.29. The van der Waals surface area contributed by atoms with E-state index in [0.717, 1.165) is 38.5 Å². The Morgan fingerprint density at radius 2 is 1.04 bits per heavy atom. The number of nitrogens with zero attached hydrogens (tertiary/aromatic N) is 1. The van der Waals surface area contributed by atoms with E-state index in [0.29, 0.717) is 17.4 Å². The van der Waals surface area contributed by atoms with E-state index in [1.54, 1.807) is 6.08 Å². The summed E-state index contributed by atoms with van der Waals surface area (Å²) in [6.07, 6.45) is 44.8. The summed E-state index contributed by atoms with van der Waals surface area (Å²) in [4.78, 5) is 25.2. The van der Waals surface area contributed by atoms with E-state index in [9.17, 15) is 19.4 Å². The Labute approximate surface area is 334 Å². The Morgan fingerprint density at radius 1 is 0.630 bits per heavy atom. The molecule has 0 spiro atoms. The summed E-state index contributed by atoms with van der Waals surface area (Å²) in [6.45, 7) is 4.59. The first kappa shape index (κ1) is 52.7. The van der Waals surface area contributed by atoms with Gasteiger partial charge in [-0.25, -0.2) is 0 Å². The lowest BCUT2D eigenvalue weighted by atomic mass is 10.0. The predicted molar refractivity (Wildman–Crippen MR) is 228 cm³/mol. The first-order chi connectivity index (χ1) is 26.0. The highest BCUT2D eigenvalue weighted by molar-refractivity contribution is 7.45. The van der Waals surface area contributed by atoms with Crippen LogP contribution in [0, 0.1) is 0 Å². The number of quaternary nitrogens is 1. The maximum absolute atomic E-state index is 12.8. The Kier molecular flexibility index (Phi) is 36.4. The van der Waals surface area contributed by atoms with Crippen molar-refractivity contribution in [3.8, 4) is 0 Å². The first-order valence-corrected chi connectivity index (χ1v) is 23.8. The molecule has 318 valence electrons. The van der Waals surface area contributed by atoms with Crippen LogP contribution in [0.25, 0.3) is 0 Å². The van der Waals surface area contributed by atoms with Crippen LogP contribution in [-0.2, 0) is 18.4 Å². The summed E-state index contributed by atoms with van der Waals surface area (Å²) in [5.41, 5.74) is 0. The quantitative estimate of drug-likeness (QED) is 0.0277. The number of carbonyl (C=O) groups excluding carboxylic acids is 1. The minimum absolute atomic E-state index is 0.00685. The van der Waals surface area contributed by atoms with Crippen LogP contribution in [0.5, 0.6) is 0 Å². The molecule has 8 nitrogen and oxygen atoms in total. The predicted octanol–water partition coefficient (Wildman–Crippen LogP) is 11.7. The van der Waals surface area contributed by atoms with Gasteiger partial charge in [-0.1, -0.05) is 166 Å². The van der Waals surface area contributed by atoms with Crippen LogP contribution in [0.15, 0.2) is 36.5 Å². The molecule has 54 heavy (non-hydrogen) atoms. The van der Waals surface area contributed by atoms with Crippen LogP contribution in [0.4, 0.5) is 0 Å². The second-order valence-corrected chi connectivity index (χ2v) is 17.8. The fourth-order valence-corrected chi connectivity index (χ4v) is 6.94. The molecule has 1 amide bonds. The molecule has 0 bridgehead atoms. The van der Waals surface area contributed by atoms with Gasteiger partial charge in [-0.15, -0.1) is 0 Å². The summed E-state index contributed by atoms with van der Waals surface area (Å²) in [7, 11) is 1.24. The maximum Gasteiger partial charge on any atom is 0.268 e. The van der Waals surface area contributed by atoms with Crippen molar-refractivity contribution in [3.05, 3.63) is 36.5 Å². The molecular weight excluding hydrogens is 695 g/mol. The van der Waals surface area contributed by atoms with Crippen LogP contribution < -0.4 is 10.2 Å². The molecular formula is C45H87N2O6P. The van der Waals surface area contributed by atoms with Crippen molar-refractivity contribution in [1.29, 1.82) is 0 Å². The number of hydrogen-bond donors (Lipinski definition) is 2. The van der Waals surface area contributed by atoms with Gasteiger partial charge < -0.3 is 28.8 Å². The standard InChI is InChI=1S/C45H87N2O6P/c1-6-8-10-12-14-16-18-19-20-21-22-23-24-25-26-27-29-31-33-35-37-39-45(49)46-43(42-53-54(50,51)52-41-40-47(3,4)5)44(48)38-36-34-32-30-28-17-15-13-11-9-7-2/h21-22,28,30,36,38,43-44,48H,6-20,23-27,29,31-35,37,39-42H2,1-5H3,(H-,46,49,50,51)/b22-21-,30-28+,38-36+. The molecule has 3 unspecified atom stereocenters. The first-order valence-electron chi connectivity index (χ1n) is 22.4. The second-order valence-electron chi connectivity index (χ2n) is 16.4. The molecule has 2 N–H and O–H groups in total. The van der Waals surface area contributed by atoms with Crippen molar-refractivity contribution < 1.29 is 32.9 Å². The third-order valence-electron chi connectivity index (χ3n) is 9.82. The van der Waals surface area contributed by atoms with Crippen molar-refractivity contribution in [2.45, 2.75) is 206 Å². The van der Waals surface area contributed by atoms with E-state index in [-0.39, 0.29) is 12.5 Å². The highest BCUT2D eigenvalue weighted by Crippen LogP contribution is 2.38. The SMILES string of the molecule is CCCCCCC/C=C/CC/C=C/C(O)C(COP(=O)([O-])OCC[N+](C)(C)C)NC(=O)CCCCCCCCCCC/C=C\CCCCCCCCCC. The van der Waals surface area contributed by atoms with E-state index in [4.69, 9.17) is 9.05 Å². The number of phosphoric ester groups is 1. The van der Waals surface area contributed by atoms with Gasteiger partial charge in [-0.3, -0.25) is 9.36 Å². The van der Waals surface area contributed by atoms with Crippen LogP contribution in [-0.4, -0.2) is 68.5 Å². The molecule has 0 saturated heterocycles. The molecule has 0 heterocycles. The normalized spacial score (nSPS) is 14.7. The maximum atomic E-state index is 12.8. The van der Waals surface area contributed by atoms with Crippen molar-refractivity contribution in [3.63, 3.8) is 0 Å². The van der Waals surface area contributed by atoms with Gasteiger partial charge in [0.05, 0.1) is 39.9 Å². The number of rotatable bonds is 40. The van der Waals surface area contributed by atoms with E-state index in [1.165, 1.54) is 135 Å². The number of amides is 1. The van der Waals surface area contributed by atoms with Gasteiger partial charge in [0.15, 0.2) is 0 Å². The third kappa shape index (κ3) is 39.0. The molecule has 0 rings (SSSR count). The van der Waals surface area contributed by atoms with Crippen molar-refractivity contribution in [2.75, 3.05) is 40.9 Å². The Balaban J connectivity index is 4.33. The summed E-state index contributed by atoms with van der Waals surface area (Å²) >= 11 is 0. The van der Waals surface area contributed by atoms with Crippen molar-refractivity contribution in [2.24, 2.45) is 0 Å². The van der Waals surface area contributed by atoms with Gasteiger partial charge in [0.25, 0.3) is 7.82 Å². The van der Waals surface area contributed by atoms with E-state index in [1.807, 2.05) is 27.2 Å². The minimum Gasteiger partial charge on any atom is -0.756 e. The largest absolute Gasteiger partial charge is 0.756 e. The lowest BCUT2D eigenvalue weighted by molar-refractivity contribution is -0.870. The summed E-state index contributed by atoms with van der Waals surface area (Å²) < 4.78 is 23.1. The van der Waals surface area contributed by atoms with Crippen molar-refractivity contribution >= 4 is 13.7 Å². The van der Waals surface area contributed by atoms with Gasteiger partial charge in [0.2, 0.25) is 5.91 Å². The number of phosphoric acid groups is 1. The lowest BCUT2D eigenvalue weighted by Crippen LogP contribution is -2.45. The molecule has 0 aliphatic heterocycles. The van der Waals surface area contributed by atoms with Crippen LogP contribution in [0.2, 0.25) is 0 Å². The van der Waals surface area contributed by atoms with Crippen LogP contribution in [0.1, 0.15) is 194 Å². The van der Waals surface area contributed by atoms with Crippen LogP contribution >= 0.6 is 7.82 Å².